The van der Waals surface area contributed by atoms with E-state index in [1.807, 2.05) is 0 Å². The predicted molar refractivity (Wildman–Crippen MR) is 33.5 cm³/mol. The van der Waals surface area contributed by atoms with Crippen molar-refractivity contribution >= 4 is 27.5 Å². The Hall–Kier alpha value is 0.560. The summed E-state index contributed by atoms with van der Waals surface area (Å²) in [4.78, 5) is -3.71. The Morgan fingerprint density at radius 2 is 1.78 bits per heavy atom. The first-order valence-corrected chi connectivity index (χ1v) is 3.22. The van der Waals surface area contributed by atoms with Crippen LogP contribution < -0.4 is 0 Å². The van der Waals surface area contributed by atoms with Crippen LogP contribution >= 0.6 is 27.5 Å². The molecule has 0 amide bonds. The summed E-state index contributed by atoms with van der Waals surface area (Å²) in [6.07, 6.45) is -0.688. The normalized spacial score (nSPS) is 19.3. The molecule has 1 radical (unpaired) electrons. The van der Waals surface area contributed by atoms with Gasteiger partial charge < -0.3 is 0 Å². The minimum absolute atomic E-state index is 0.688. The highest BCUT2D eigenvalue weighted by Crippen LogP contribution is 2.43. The van der Waals surface area contributed by atoms with Gasteiger partial charge >= 0.3 is 4.83 Å². The molecule has 0 aliphatic carbocycles. The van der Waals surface area contributed by atoms with E-state index < -0.39 is 16.4 Å². The molecule has 0 spiro atoms. The van der Waals surface area contributed by atoms with Gasteiger partial charge in [-0.1, -0.05) is 11.6 Å². The lowest BCUT2D eigenvalue weighted by Crippen LogP contribution is -2.32. The predicted octanol–water partition coefficient (Wildman–Crippen LogP) is 3.10. The molecule has 1 atom stereocenters. The summed E-state index contributed by atoms with van der Waals surface area (Å²) >= 11 is 6.45. The molecule has 55 valence electrons. The topological polar surface area (TPSA) is 0 Å². The maximum absolute atomic E-state index is 12.2. The number of hydrogen-bond acceptors (Lipinski definition) is 0. The lowest BCUT2D eigenvalue weighted by atomic mass is 10.3. The molecule has 0 rings (SSSR count). The van der Waals surface area contributed by atoms with Crippen molar-refractivity contribution < 1.29 is 13.2 Å². The molecular formula is C4H4BrClF3. The summed E-state index contributed by atoms with van der Waals surface area (Å²) in [7, 11) is 0. The highest BCUT2D eigenvalue weighted by Gasteiger charge is 2.50. The van der Waals surface area contributed by atoms with Gasteiger partial charge in [-0.2, -0.15) is 8.78 Å². The van der Waals surface area contributed by atoms with Crippen molar-refractivity contribution in [3.63, 3.8) is 0 Å². The molecule has 0 aromatic heterocycles. The van der Waals surface area contributed by atoms with Crippen LogP contribution in [-0.4, -0.2) is 9.96 Å². The third-order valence-corrected chi connectivity index (χ3v) is 2.01. The average Bonchev–Trinajstić information content (AvgIpc) is 1.64. The molecule has 0 aliphatic heterocycles. The zero-order valence-electron chi connectivity index (χ0n) is 4.30. The van der Waals surface area contributed by atoms with Gasteiger partial charge in [-0.05, 0) is 22.9 Å². The van der Waals surface area contributed by atoms with Gasteiger partial charge in [0.25, 0.3) is 5.13 Å². The fourth-order valence-electron chi connectivity index (χ4n) is 0.142. The van der Waals surface area contributed by atoms with Crippen molar-refractivity contribution in [2.45, 2.75) is 16.4 Å². The maximum atomic E-state index is 12.2. The second kappa shape index (κ2) is 2.66. The minimum Gasteiger partial charge on any atom is -0.218 e. The average molecular weight is 224 g/mol. The van der Waals surface area contributed by atoms with Crippen LogP contribution in [0.2, 0.25) is 0 Å². The first-order chi connectivity index (χ1) is 3.81. The fourth-order valence-corrected chi connectivity index (χ4v) is 0.340. The Kier molecular flexibility index (Phi) is 2.83. The van der Waals surface area contributed by atoms with Gasteiger partial charge in [0.2, 0.25) is 0 Å². The maximum Gasteiger partial charge on any atom is 0.348 e. The van der Waals surface area contributed by atoms with E-state index in [2.05, 4.69) is 18.5 Å². The SMILES string of the molecule is [CH2]CC(F)(Cl)C(F)(F)Br. The second-order valence-electron chi connectivity index (χ2n) is 1.45. The monoisotopic (exact) mass is 223 g/mol. The molecule has 5 heteroatoms. The van der Waals surface area contributed by atoms with Gasteiger partial charge in [0.15, 0.2) is 0 Å². The van der Waals surface area contributed by atoms with Gasteiger partial charge in [0.05, 0.1) is 0 Å². The van der Waals surface area contributed by atoms with Crippen LogP contribution in [0.4, 0.5) is 13.2 Å². The van der Waals surface area contributed by atoms with Crippen molar-refractivity contribution in [3.8, 4) is 0 Å². The van der Waals surface area contributed by atoms with Crippen LogP contribution in [0.25, 0.3) is 0 Å². The first kappa shape index (κ1) is 9.56. The van der Waals surface area contributed by atoms with E-state index in [1.54, 1.807) is 15.9 Å². The molecular weight excluding hydrogens is 220 g/mol. The molecule has 0 nitrogen and oxygen atoms in total. The fraction of sp³-hybridized carbons (Fsp3) is 0.750. The number of halogens is 5. The number of rotatable bonds is 2. The van der Waals surface area contributed by atoms with Crippen LogP contribution in [0.1, 0.15) is 6.42 Å². The van der Waals surface area contributed by atoms with Crippen molar-refractivity contribution in [1.29, 1.82) is 0 Å². The Labute approximate surface area is 64.5 Å². The summed E-state index contributed by atoms with van der Waals surface area (Å²) in [6, 6.07) is 0. The third-order valence-electron chi connectivity index (χ3n) is 0.729. The quantitative estimate of drug-likeness (QED) is 0.632. The van der Waals surface area contributed by atoms with Crippen molar-refractivity contribution in [2.75, 3.05) is 0 Å². The van der Waals surface area contributed by atoms with Crippen LogP contribution in [0, 0.1) is 6.92 Å². The van der Waals surface area contributed by atoms with Crippen LogP contribution in [0.3, 0.4) is 0 Å². The Bertz CT molecular complexity index is 98.5. The zero-order chi connectivity index (χ0) is 7.71. The summed E-state index contributed by atoms with van der Waals surface area (Å²) in [5.74, 6) is 0. The molecule has 0 aromatic carbocycles. The van der Waals surface area contributed by atoms with Crippen molar-refractivity contribution in [3.05, 3.63) is 6.92 Å². The number of hydrogen-bond donors (Lipinski definition) is 0. The summed E-state index contributed by atoms with van der Waals surface area (Å²) < 4.78 is 36.0. The third kappa shape index (κ3) is 2.34. The molecule has 0 saturated carbocycles. The van der Waals surface area contributed by atoms with Crippen LogP contribution in [0.15, 0.2) is 0 Å². The second-order valence-corrected chi connectivity index (χ2v) is 3.05. The van der Waals surface area contributed by atoms with Gasteiger partial charge in [-0.3, -0.25) is 0 Å². The zero-order valence-corrected chi connectivity index (χ0v) is 6.65. The van der Waals surface area contributed by atoms with Gasteiger partial charge in [-0.15, -0.1) is 0 Å². The van der Waals surface area contributed by atoms with Gasteiger partial charge in [0.1, 0.15) is 0 Å². The largest absolute Gasteiger partial charge is 0.348 e. The summed E-state index contributed by atoms with van der Waals surface area (Å²) in [6.45, 7) is 2.91. The lowest BCUT2D eigenvalue weighted by Gasteiger charge is -2.20. The standard InChI is InChI=1S/C4H4BrClF3/c1-2-3(6,7)4(5,8)9/h1-2H2. The molecule has 9 heavy (non-hydrogen) atoms. The highest BCUT2D eigenvalue weighted by molar-refractivity contribution is 9.10. The van der Waals surface area contributed by atoms with Crippen LogP contribution in [0.5, 0.6) is 0 Å². The van der Waals surface area contributed by atoms with Crippen LogP contribution in [-0.2, 0) is 0 Å². The van der Waals surface area contributed by atoms with E-state index in [9.17, 15) is 13.2 Å². The summed E-state index contributed by atoms with van der Waals surface area (Å²) in [5.41, 5.74) is 0. The summed E-state index contributed by atoms with van der Waals surface area (Å²) in [5, 5.41) is -3.08. The highest BCUT2D eigenvalue weighted by atomic mass is 79.9. The van der Waals surface area contributed by atoms with E-state index in [1.165, 1.54) is 0 Å². The smallest absolute Gasteiger partial charge is 0.218 e. The molecule has 1 unspecified atom stereocenters. The van der Waals surface area contributed by atoms with E-state index in [0.717, 1.165) is 0 Å². The van der Waals surface area contributed by atoms with E-state index >= 15 is 0 Å². The van der Waals surface area contributed by atoms with E-state index in [0.29, 0.717) is 0 Å². The Morgan fingerprint density at radius 1 is 1.44 bits per heavy atom. The molecule has 0 aliphatic rings. The minimum atomic E-state index is -3.71. The first-order valence-electron chi connectivity index (χ1n) is 2.05. The van der Waals surface area contributed by atoms with Crippen molar-refractivity contribution in [1.82, 2.24) is 0 Å². The van der Waals surface area contributed by atoms with E-state index in [4.69, 9.17) is 0 Å². The Balaban J connectivity index is 4.14. The molecule has 0 aromatic rings. The van der Waals surface area contributed by atoms with E-state index in [-0.39, 0.29) is 0 Å². The number of alkyl halides is 5. The molecule has 0 saturated heterocycles. The Morgan fingerprint density at radius 3 is 1.78 bits per heavy atom. The molecule has 0 bridgehead atoms. The van der Waals surface area contributed by atoms with Gasteiger partial charge in [0, 0.05) is 6.42 Å². The lowest BCUT2D eigenvalue weighted by molar-refractivity contribution is -0.00347. The molecule has 0 fully saturated rings. The van der Waals surface area contributed by atoms with Crippen molar-refractivity contribution in [2.24, 2.45) is 0 Å². The molecule has 0 heterocycles. The van der Waals surface area contributed by atoms with Gasteiger partial charge in [-0.25, -0.2) is 4.39 Å². The molecule has 0 N–H and O–H groups in total.